The topological polar surface area (TPSA) is 25.0 Å². The van der Waals surface area contributed by atoms with E-state index >= 15 is 0 Å². The highest BCUT2D eigenvalue weighted by atomic mass is 16.5. The van der Waals surface area contributed by atoms with E-state index in [9.17, 15) is 0 Å². The van der Waals surface area contributed by atoms with Gasteiger partial charge in [0.05, 0.1) is 6.61 Å². The van der Waals surface area contributed by atoms with Crippen LogP contribution >= 0.6 is 0 Å². The molecular weight excluding hydrogens is 210 g/mol. The van der Waals surface area contributed by atoms with Gasteiger partial charge in [0.2, 0.25) is 0 Å². The van der Waals surface area contributed by atoms with Crippen molar-refractivity contribution in [1.29, 1.82) is 0 Å². The molecule has 0 saturated heterocycles. The molecule has 0 radical (unpaired) electrons. The van der Waals surface area contributed by atoms with Crippen molar-refractivity contribution in [2.75, 3.05) is 7.11 Å². The molecule has 0 atom stereocenters. The van der Waals surface area contributed by atoms with Gasteiger partial charge in [-0.15, -0.1) is 0 Å². The Morgan fingerprint density at radius 3 is 2.88 bits per heavy atom. The van der Waals surface area contributed by atoms with Gasteiger partial charge in [-0.3, -0.25) is 0 Å². The molecule has 2 aromatic rings. The van der Waals surface area contributed by atoms with Crippen LogP contribution < -0.4 is 0 Å². The molecule has 0 amide bonds. The first-order valence-corrected chi connectivity index (χ1v) is 6.48. The largest absolute Gasteiger partial charge is 0.378 e. The number of methoxy groups -OCH3 is 1. The number of ether oxygens (including phenoxy) is 1. The van der Waals surface area contributed by atoms with E-state index in [4.69, 9.17) is 4.74 Å². The summed E-state index contributed by atoms with van der Waals surface area (Å²) in [6.07, 6.45) is 5.45. The summed E-state index contributed by atoms with van der Waals surface area (Å²) in [6.45, 7) is 0.665. The molecule has 1 fully saturated rings. The SMILES string of the molecule is COCc1cc2cccc(C3CCCC3)c2[nH]1. The first-order chi connectivity index (χ1) is 8.38. The van der Waals surface area contributed by atoms with E-state index in [1.54, 1.807) is 7.11 Å². The Kier molecular flexibility index (Phi) is 2.89. The van der Waals surface area contributed by atoms with Crippen molar-refractivity contribution < 1.29 is 4.74 Å². The van der Waals surface area contributed by atoms with Gasteiger partial charge in [0, 0.05) is 23.7 Å². The Hall–Kier alpha value is -1.28. The Morgan fingerprint density at radius 1 is 1.29 bits per heavy atom. The fourth-order valence-corrected chi connectivity index (χ4v) is 3.05. The highest BCUT2D eigenvalue weighted by Gasteiger charge is 2.19. The summed E-state index contributed by atoms with van der Waals surface area (Å²) in [4.78, 5) is 3.52. The lowest BCUT2D eigenvalue weighted by Crippen LogP contribution is -1.93. The van der Waals surface area contributed by atoms with Crippen LogP contribution in [0.3, 0.4) is 0 Å². The Bertz CT molecular complexity index is 509. The first kappa shape index (κ1) is 10.8. The number of nitrogens with one attached hydrogen (secondary N) is 1. The number of fused-ring (bicyclic) bond motifs is 1. The molecule has 1 saturated carbocycles. The smallest absolute Gasteiger partial charge is 0.0862 e. The van der Waals surface area contributed by atoms with Gasteiger partial charge < -0.3 is 9.72 Å². The Labute approximate surface area is 102 Å². The fourth-order valence-electron chi connectivity index (χ4n) is 3.05. The number of rotatable bonds is 3. The van der Waals surface area contributed by atoms with Crippen molar-refractivity contribution >= 4 is 10.9 Å². The third-order valence-corrected chi connectivity index (χ3v) is 3.84. The number of para-hydroxylation sites is 1. The molecule has 90 valence electrons. The van der Waals surface area contributed by atoms with E-state index in [1.807, 2.05) is 0 Å². The number of H-pyrrole nitrogens is 1. The van der Waals surface area contributed by atoms with Crippen LogP contribution in [0.5, 0.6) is 0 Å². The van der Waals surface area contributed by atoms with Crippen LogP contribution in [0.4, 0.5) is 0 Å². The lowest BCUT2D eigenvalue weighted by atomic mass is 9.96. The zero-order chi connectivity index (χ0) is 11.7. The average molecular weight is 229 g/mol. The zero-order valence-electron chi connectivity index (χ0n) is 10.3. The van der Waals surface area contributed by atoms with Crippen LogP contribution in [-0.4, -0.2) is 12.1 Å². The molecular formula is C15H19NO. The van der Waals surface area contributed by atoms with Crippen molar-refractivity contribution in [1.82, 2.24) is 4.98 Å². The van der Waals surface area contributed by atoms with Gasteiger partial charge in [-0.1, -0.05) is 31.0 Å². The summed E-state index contributed by atoms with van der Waals surface area (Å²) in [6, 6.07) is 8.85. The molecule has 1 N–H and O–H groups in total. The van der Waals surface area contributed by atoms with Gasteiger partial charge in [-0.05, 0) is 30.4 Å². The van der Waals surface area contributed by atoms with Crippen LogP contribution in [0.2, 0.25) is 0 Å². The summed E-state index contributed by atoms with van der Waals surface area (Å²) < 4.78 is 5.19. The minimum atomic E-state index is 0.665. The molecule has 1 aromatic carbocycles. The summed E-state index contributed by atoms with van der Waals surface area (Å²) in [5.74, 6) is 0.757. The first-order valence-electron chi connectivity index (χ1n) is 6.48. The van der Waals surface area contributed by atoms with Gasteiger partial charge >= 0.3 is 0 Å². The maximum atomic E-state index is 5.19. The summed E-state index contributed by atoms with van der Waals surface area (Å²) >= 11 is 0. The predicted molar refractivity (Wildman–Crippen MR) is 70.2 cm³/mol. The van der Waals surface area contributed by atoms with Gasteiger partial charge in [-0.25, -0.2) is 0 Å². The molecule has 17 heavy (non-hydrogen) atoms. The molecule has 2 heteroatoms. The van der Waals surface area contributed by atoms with Gasteiger partial charge in [-0.2, -0.15) is 0 Å². The van der Waals surface area contributed by atoms with Gasteiger partial charge in [0.15, 0.2) is 0 Å². The second-order valence-electron chi connectivity index (χ2n) is 5.02. The summed E-state index contributed by atoms with van der Waals surface area (Å²) in [5, 5.41) is 1.32. The monoisotopic (exact) mass is 229 g/mol. The highest BCUT2D eigenvalue weighted by molar-refractivity contribution is 5.84. The van der Waals surface area contributed by atoms with Crippen LogP contribution in [0, 0.1) is 0 Å². The van der Waals surface area contributed by atoms with Crippen LogP contribution in [-0.2, 0) is 11.3 Å². The van der Waals surface area contributed by atoms with E-state index < -0.39 is 0 Å². The molecule has 1 aliphatic rings. The minimum Gasteiger partial charge on any atom is -0.378 e. The van der Waals surface area contributed by atoms with Crippen molar-refractivity contribution in [2.24, 2.45) is 0 Å². The Balaban J connectivity index is 2.04. The zero-order valence-corrected chi connectivity index (χ0v) is 10.3. The fraction of sp³-hybridized carbons (Fsp3) is 0.467. The highest BCUT2D eigenvalue weighted by Crippen LogP contribution is 2.37. The lowest BCUT2D eigenvalue weighted by molar-refractivity contribution is 0.182. The second-order valence-corrected chi connectivity index (χ2v) is 5.02. The van der Waals surface area contributed by atoms with Crippen LogP contribution in [0.15, 0.2) is 24.3 Å². The Morgan fingerprint density at radius 2 is 2.12 bits per heavy atom. The number of hydrogen-bond donors (Lipinski definition) is 1. The quantitative estimate of drug-likeness (QED) is 0.846. The van der Waals surface area contributed by atoms with Crippen LogP contribution in [0.1, 0.15) is 42.9 Å². The molecule has 3 rings (SSSR count). The maximum absolute atomic E-state index is 5.19. The minimum absolute atomic E-state index is 0.665. The molecule has 0 unspecified atom stereocenters. The van der Waals surface area contributed by atoms with E-state index in [0.717, 1.165) is 5.92 Å². The molecule has 0 spiro atoms. The number of benzene rings is 1. The number of aromatic amines is 1. The maximum Gasteiger partial charge on any atom is 0.0862 e. The van der Waals surface area contributed by atoms with Gasteiger partial charge in [0.25, 0.3) is 0 Å². The summed E-state index contributed by atoms with van der Waals surface area (Å²) in [7, 11) is 1.74. The average Bonchev–Trinajstić information content (AvgIpc) is 2.97. The van der Waals surface area contributed by atoms with Crippen molar-refractivity contribution in [2.45, 2.75) is 38.2 Å². The number of hydrogen-bond acceptors (Lipinski definition) is 1. The molecule has 1 aromatic heterocycles. The molecule has 0 bridgehead atoms. The molecule has 1 aliphatic carbocycles. The third-order valence-electron chi connectivity index (χ3n) is 3.84. The predicted octanol–water partition coefficient (Wildman–Crippen LogP) is 3.97. The normalized spacial score (nSPS) is 17.0. The van der Waals surface area contributed by atoms with Crippen molar-refractivity contribution in [3.8, 4) is 0 Å². The van der Waals surface area contributed by atoms with E-state index in [-0.39, 0.29) is 0 Å². The van der Waals surface area contributed by atoms with Crippen molar-refractivity contribution in [3.63, 3.8) is 0 Å². The molecule has 1 heterocycles. The molecule has 2 nitrogen and oxygen atoms in total. The van der Waals surface area contributed by atoms with Crippen molar-refractivity contribution in [3.05, 3.63) is 35.5 Å². The van der Waals surface area contributed by atoms with E-state index in [1.165, 1.54) is 47.8 Å². The van der Waals surface area contributed by atoms with Crippen LogP contribution in [0.25, 0.3) is 10.9 Å². The number of aromatic nitrogens is 1. The van der Waals surface area contributed by atoms with E-state index in [2.05, 4.69) is 29.2 Å². The summed E-state index contributed by atoms with van der Waals surface area (Å²) in [5.41, 5.74) is 4.00. The molecule has 0 aliphatic heterocycles. The lowest BCUT2D eigenvalue weighted by Gasteiger charge is -2.10. The van der Waals surface area contributed by atoms with E-state index in [0.29, 0.717) is 6.61 Å². The second kappa shape index (κ2) is 4.53. The standard InChI is InChI=1S/C15H19NO/c1-17-10-13-9-12-7-4-8-14(15(12)16-13)11-5-2-3-6-11/h4,7-9,11,16H,2-3,5-6,10H2,1H3. The third kappa shape index (κ3) is 1.98. The van der Waals surface area contributed by atoms with Gasteiger partial charge in [0.1, 0.15) is 0 Å².